The molecule has 0 fully saturated rings. The number of carbonyl (C=O) groups is 1. The molecule has 0 amide bonds. The van der Waals surface area contributed by atoms with Crippen LogP contribution in [0.15, 0.2) is 40.2 Å². The van der Waals surface area contributed by atoms with Gasteiger partial charge in [0, 0.05) is 27.6 Å². The van der Waals surface area contributed by atoms with E-state index in [0.717, 1.165) is 14.9 Å². The number of hydrogen-bond donors (Lipinski definition) is 0. The number of benzene rings is 1. The highest BCUT2D eigenvalue weighted by molar-refractivity contribution is 9.10. The fourth-order valence-electron chi connectivity index (χ4n) is 1.72. The van der Waals surface area contributed by atoms with Crippen LogP contribution in [-0.2, 0) is 17.6 Å². The van der Waals surface area contributed by atoms with Crippen LogP contribution in [-0.4, -0.2) is 5.78 Å². The molecule has 2 rings (SSSR count). The second-order valence-electron chi connectivity index (χ2n) is 4.05. The molecule has 0 N–H and O–H groups in total. The number of Topliss-reactive ketones (excluding diaryl/α,β-unsaturated/α-hetero) is 1. The van der Waals surface area contributed by atoms with Gasteiger partial charge < -0.3 is 0 Å². The fourth-order valence-corrected chi connectivity index (χ4v) is 3.20. The van der Waals surface area contributed by atoms with Crippen LogP contribution in [0.1, 0.15) is 16.0 Å². The Kier molecular flexibility index (Phi) is 4.13. The molecular formula is C14H13BrOS. The molecule has 3 heteroatoms. The minimum atomic E-state index is 0.272. The van der Waals surface area contributed by atoms with E-state index in [1.165, 1.54) is 5.56 Å². The van der Waals surface area contributed by atoms with E-state index in [1.54, 1.807) is 11.3 Å². The third-order valence-corrected chi connectivity index (χ3v) is 4.34. The average molecular weight is 309 g/mol. The summed E-state index contributed by atoms with van der Waals surface area (Å²) in [6, 6.07) is 10.1. The van der Waals surface area contributed by atoms with Crippen molar-refractivity contribution >= 4 is 33.0 Å². The summed E-state index contributed by atoms with van der Waals surface area (Å²) in [5.41, 5.74) is 2.32. The number of rotatable bonds is 4. The maximum absolute atomic E-state index is 11.9. The van der Waals surface area contributed by atoms with Gasteiger partial charge in [0.1, 0.15) is 5.78 Å². The molecule has 1 heterocycles. The summed E-state index contributed by atoms with van der Waals surface area (Å²) in [5, 5.41) is 2.01. The van der Waals surface area contributed by atoms with E-state index in [-0.39, 0.29) is 5.78 Å². The van der Waals surface area contributed by atoms with E-state index in [9.17, 15) is 4.79 Å². The van der Waals surface area contributed by atoms with Gasteiger partial charge in [0.05, 0.1) is 0 Å². The normalized spacial score (nSPS) is 10.5. The van der Waals surface area contributed by atoms with E-state index in [2.05, 4.69) is 15.9 Å². The summed E-state index contributed by atoms with van der Waals surface area (Å²) >= 11 is 5.02. The Labute approximate surface area is 114 Å². The number of hydrogen-bond acceptors (Lipinski definition) is 2. The molecule has 2 aromatic rings. The van der Waals surface area contributed by atoms with Gasteiger partial charge in [-0.25, -0.2) is 0 Å². The van der Waals surface area contributed by atoms with Crippen LogP contribution in [0.4, 0.5) is 0 Å². The van der Waals surface area contributed by atoms with E-state index < -0.39 is 0 Å². The zero-order chi connectivity index (χ0) is 12.3. The minimum absolute atomic E-state index is 0.272. The first-order chi connectivity index (χ1) is 8.15. The largest absolute Gasteiger partial charge is 0.299 e. The van der Waals surface area contributed by atoms with Gasteiger partial charge in [0.2, 0.25) is 0 Å². The van der Waals surface area contributed by atoms with Gasteiger partial charge in [0.15, 0.2) is 0 Å². The zero-order valence-electron chi connectivity index (χ0n) is 9.57. The Morgan fingerprint density at radius 1 is 1.29 bits per heavy atom. The summed E-state index contributed by atoms with van der Waals surface area (Å²) < 4.78 is 1.06. The van der Waals surface area contributed by atoms with Crippen LogP contribution in [0.5, 0.6) is 0 Å². The summed E-state index contributed by atoms with van der Waals surface area (Å²) in [6.07, 6.45) is 1.06. The number of aryl methyl sites for hydroxylation is 1. The molecule has 0 aliphatic heterocycles. The molecule has 0 radical (unpaired) electrons. The Bertz CT molecular complexity index is 531. The molecule has 0 aliphatic carbocycles. The highest BCUT2D eigenvalue weighted by Crippen LogP contribution is 2.21. The van der Waals surface area contributed by atoms with Crippen molar-refractivity contribution in [1.82, 2.24) is 0 Å². The summed E-state index contributed by atoms with van der Waals surface area (Å²) in [4.78, 5) is 13.1. The fraction of sp³-hybridized carbons (Fsp3) is 0.214. The van der Waals surface area contributed by atoms with Gasteiger partial charge in [0.25, 0.3) is 0 Å². The Morgan fingerprint density at radius 3 is 2.71 bits per heavy atom. The average Bonchev–Trinajstić information content (AvgIpc) is 2.67. The lowest BCUT2D eigenvalue weighted by molar-refractivity contribution is -0.117. The van der Waals surface area contributed by atoms with Crippen molar-refractivity contribution in [3.63, 3.8) is 0 Å². The highest BCUT2D eigenvalue weighted by Gasteiger charge is 2.08. The van der Waals surface area contributed by atoms with Gasteiger partial charge in [-0.1, -0.05) is 24.3 Å². The summed E-state index contributed by atoms with van der Waals surface area (Å²) in [7, 11) is 0. The highest BCUT2D eigenvalue weighted by atomic mass is 79.9. The van der Waals surface area contributed by atoms with Crippen molar-refractivity contribution in [2.45, 2.75) is 19.8 Å². The van der Waals surface area contributed by atoms with Gasteiger partial charge >= 0.3 is 0 Å². The van der Waals surface area contributed by atoms with Crippen molar-refractivity contribution in [1.29, 1.82) is 0 Å². The predicted molar refractivity (Wildman–Crippen MR) is 75.6 cm³/mol. The molecule has 0 bridgehead atoms. The van der Waals surface area contributed by atoms with Gasteiger partial charge in [-0.2, -0.15) is 0 Å². The molecule has 1 aromatic heterocycles. The molecular weight excluding hydrogens is 296 g/mol. The Hall–Kier alpha value is -0.930. The second-order valence-corrected chi connectivity index (χ2v) is 5.96. The van der Waals surface area contributed by atoms with E-state index in [1.807, 2.05) is 42.6 Å². The molecule has 0 unspecified atom stereocenters. The molecule has 17 heavy (non-hydrogen) atoms. The SMILES string of the molecule is Cc1ccccc1CC(=O)Cc1cc(Br)cs1. The smallest absolute Gasteiger partial charge is 0.142 e. The topological polar surface area (TPSA) is 17.1 Å². The number of ketones is 1. The monoisotopic (exact) mass is 308 g/mol. The van der Waals surface area contributed by atoms with Crippen LogP contribution in [0.2, 0.25) is 0 Å². The van der Waals surface area contributed by atoms with Crippen molar-refractivity contribution < 1.29 is 4.79 Å². The minimum Gasteiger partial charge on any atom is -0.299 e. The third kappa shape index (κ3) is 3.51. The first-order valence-corrected chi connectivity index (χ1v) is 7.11. The summed E-state index contributed by atoms with van der Waals surface area (Å²) in [5.74, 6) is 0.272. The zero-order valence-corrected chi connectivity index (χ0v) is 12.0. The van der Waals surface area contributed by atoms with Crippen LogP contribution < -0.4 is 0 Å². The molecule has 0 atom stereocenters. The first kappa shape index (κ1) is 12.5. The van der Waals surface area contributed by atoms with E-state index in [4.69, 9.17) is 0 Å². The molecule has 0 aliphatic rings. The van der Waals surface area contributed by atoms with Crippen LogP contribution in [0.25, 0.3) is 0 Å². The van der Waals surface area contributed by atoms with Crippen molar-refractivity contribution in [2.75, 3.05) is 0 Å². The quantitative estimate of drug-likeness (QED) is 0.828. The molecule has 88 valence electrons. The van der Waals surface area contributed by atoms with E-state index in [0.29, 0.717) is 12.8 Å². The molecule has 1 nitrogen and oxygen atoms in total. The van der Waals surface area contributed by atoms with Crippen LogP contribution in [0, 0.1) is 6.92 Å². The number of halogens is 1. The summed E-state index contributed by atoms with van der Waals surface area (Å²) in [6.45, 7) is 2.05. The van der Waals surface area contributed by atoms with Gasteiger partial charge in [-0.05, 0) is 40.0 Å². The van der Waals surface area contributed by atoms with Crippen molar-refractivity contribution in [3.05, 3.63) is 56.2 Å². The molecule has 1 aromatic carbocycles. The maximum Gasteiger partial charge on any atom is 0.142 e. The first-order valence-electron chi connectivity index (χ1n) is 5.44. The van der Waals surface area contributed by atoms with Crippen molar-refractivity contribution in [3.8, 4) is 0 Å². The van der Waals surface area contributed by atoms with Gasteiger partial charge in [-0.15, -0.1) is 11.3 Å². The number of thiophene rings is 1. The van der Waals surface area contributed by atoms with E-state index >= 15 is 0 Å². The number of carbonyl (C=O) groups excluding carboxylic acids is 1. The lowest BCUT2D eigenvalue weighted by Crippen LogP contribution is -2.06. The molecule has 0 saturated carbocycles. The molecule has 0 spiro atoms. The Morgan fingerprint density at radius 2 is 2.06 bits per heavy atom. The lowest BCUT2D eigenvalue weighted by atomic mass is 10.0. The molecule has 0 saturated heterocycles. The maximum atomic E-state index is 11.9. The third-order valence-electron chi connectivity index (χ3n) is 2.64. The van der Waals surface area contributed by atoms with Gasteiger partial charge in [-0.3, -0.25) is 4.79 Å². The second kappa shape index (κ2) is 5.61. The van der Waals surface area contributed by atoms with Crippen molar-refractivity contribution in [2.24, 2.45) is 0 Å². The lowest BCUT2D eigenvalue weighted by Gasteiger charge is -2.03. The predicted octanol–water partition coefficient (Wildman–Crippen LogP) is 4.17. The van der Waals surface area contributed by atoms with Crippen LogP contribution >= 0.6 is 27.3 Å². The standard InChI is InChI=1S/C14H13BrOS/c1-10-4-2-3-5-11(10)6-13(16)8-14-7-12(15)9-17-14/h2-5,7,9H,6,8H2,1H3. The van der Waals surface area contributed by atoms with Crippen LogP contribution in [0.3, 0.4) is 0 Å². The Balaban J connectivity index is 2.01.